The van der Waals surface area contributed by atoms with Gasteiger partial charge in [-0.05, 0) is 31.1 Å². The molecule has 0 N–H and O–H groups in total. The number of hydrogen-bond donors (Lipinski definition) is 0. The lowest BCUT2D eigenvalue weighted by molar-refractivity contribution is -0.136. The van der Waals surface area contributed by atoms with Gasteiger partial charge in [0.15, 0.2) is 0 Å². The Labute approximate surface area is 171 Å². The predicted octanol–water partition coefficient (Wildman–Crippen LogP) is 4.35. The molecule has 0 fully saturated rings. The van der Waals surface area contributed by atoms with Gasteiger partial charge in [-0.3, -0.25) is 4.79 Å². The molecule has 0 saturated carbocycles. The van der Waals surface area contributed by atoms with Crippen LogP contribution in [0.15, 0.2) is 71.4 Å². The number of rotatable bonds is 7. The highest BCUT2D eigenvalue weighted by Gasteiger charge is 2.36. The second kappa shape index (κ2) is 9.24. The number of methoxy groups -OCH3 is 1. The van der Waals surface area contributed by atoms with Crippen molar-refractivity contribution in [2.24, 2.45) is 0 Å². The number of allylic oxidation sites excluding steroid dienone is 1. The normalized spacial score (nSPS) is 15.2. The van der Waals surface area contributed by atoms with Gasteiger partial charge in [0.1, 0.15) is 12.4 Å². The maximum atomic E-state index is 13.0. The zero-order chi connectivity index (χ0) is 20.8. The zero-order valence-corrected chi connectivity index (χ0v) is 17.0. The summed E-state index contributed by atoms with van der Waals surface area (Å²) in [7, 11) is 1.32. The fraction of sp³-hybridized carbons (Fsp3) is 0.250. The van der Waals surface area contributed by atoms with E-state index >= 15 is 0 Å². The molecule has 0 atom stereocenters. The summed E-state index contributed by atoms with van der Waals surface area (Å²) in [5.41, 5.74) is 3.05. The van der Waals surface area contributed by atoms with Crippen molar-refractivity contribution in [3.05, 3.63) is 82.6 Å². The van der Waals surface area contributed by atoms with Crippen LogP contribution in [-0.2, 0) is 20.9 Å². The van der Waals surface area contributed by atoms with Gasteiger partial charge in [-0.1, -0.05) is 55.5 Å². The minimum absolute atomic E-state index is 0.192. The summed E-state index contributed by atoms with van der Waals surface area (Å²) < 4.78 is 10.9. The van der Waals surface area contributed by atoms with Crippen LogP contribution >= 0.6 is 0 Å². The number of carbonyl (C=O) groups excluding carboxylic acids is 2. The van der Waals surface area contributed by atoms with E-state index in [0.29, 0.717) is 35.7 Å². The number of ether oxygens (including phenoxy) is 2. The maximum Gasteiger partial charge on any atom is 0.340 e. The molecule has 2 aromatic rings. The Hall–Kier alpha value is -3.34. The van der Waals surface area contributed by atoms with E-state index in [0.717, 1.165) is 17.5 Å². The number of esters is 1. The maximum absolute atomic E-state index is 13.0. The minimum Gasteiger partial charge on any atom is -0.488 e. The molecule has 2 aromatic carbocycles. The van der Waals surface area contributed by atoms with Crippen LogP contribution in [0.4, 0.5) is 0 Å². The fourth-order valence-corrected chi connectivity index (χ4v) is 3.34. The molecule has 0 aromatic heterocycles. The minimum atomic E-state index is -0.511. The van der Waals surface area contributed by atoms with Crippen LogP contribution in [0.3, 0.4) is 0 Å². The summed E-state index contributed by atoms with van der Waals surface area (Å²) >= 11 is 0. The van der Waals surface area contributed by atoms with Gasteiger partial charge in [0, 0.05) is 17.8 Å². The van der Waals surface area contributed by atoms with Gasteiger partial charge in [0.2, 0.25) is 0 Å². The first-order valence-electron chi connectivity index (χ1n) is 9.65. The highest BCUT2D eigenvalue weighted by atomic mass is 16.5. The number of benzene rings is 2. The van der Waals surface area contributed by atoms with Crippen LogP contribution < -0.4 is 4.74 Å². The van der Waals surface area contributed by atoms with Gasteiger partial charge in [-0.15, -0.1) is 0 Å². The van der Waals surface area contributed by atoms with Gasteiger partial charge >= 0.3 is 5.97 Å². The Morgan fingerprint density at radius 2 is 1.76 bits per heavy atom. The van der Waals surface area contributed by atoms with Gasteiger partial charge in [-0.25, -0.2) is 4.79 Å². The topological polar surface area (TPSA) is 55.8 Å². The van der Waals surface area contributed by atoms with Crippen LogP contribution in [0.25, 0.3) is 6.08 Å². The summed E-state index contributed by atoms with van der Waals surface area (Å²) in [6.07, 6.45) is 2.51. The third-order valence-corrected chi connectivity index (χ3v) is 4.80. The lowest BCUT2D eigenvalue weighted by Crippen LogP contribution is -2.25. The molecule has 29 heavy (non-hydrogen) atoms. The number of amides is 1. The average molecular weight is 391 g/mol. The molecule has 1 aliphatic rings. The van der Waals surface area contributed by atoms with E-state index in [1.807, 2.05) is 61.5 Å². The number of para-hydroxylation sites is 1. The molecule has 0 aliphatic carbocycles. The monoisotopic (exact) mass is 391 g/mol. The van der Waals surface area contributed by atoms with E-state index in [1.165, 1.54) is 7.11 Å². The third-order valence-electron chi connectivity index (χ3n) is 4.80. The van der Waals surface area contributed by atoms with Crippen LogP contribution in [-0.4, -0.2) is 30.4 Å². The van der Waals surface area contributed by atoms with Crippen LogP contribution in [0.5, 0.6) is 5.75 Å². The van der Waals surface area contributed by atoms with E-state index in [2.05, 4.69) is 0 Å². The number of carbonyl (C=O) groups is 2. The highest BCUT2D eigenvalue weighted by Crippen LogP contribution is 2.33. The molecule has 0 spiro atoms. The van der Waals surface area contributed by atoms with Crippen molar-refractivity contribution in [2.45, 2.75) is 26.9 Å². The molecule has 0 bridgehead atoms. The smallest absolute Gasteiger partial charge is 0.340 e. The Bertz CT molecular complexity index is 960. The first-order valence-corrected chi connectivity index (χ1v) is 9.65. The molecule has 1 amide bonds. The molecule has 1 heterocycles. The number of nitrogens with zero attached hydrogens (tertiary/aromatic N) is 1. The predicted molar refractivity (Wildman–Crippen MR) is 112 cm³/mol. The summed E-state index contributed by atoms with van der Waals surface area (Å²) in [4.78, 5) is 27.0. The quantitative estimate of drug-likeness (QED) is 0.520. The van der Waals surface area contributed by atoms with Gasteiger partial charge in [-0.2, -0.15) is 0 Å². The fourth-order valence-electron chi connectivity index (χ4n) is 3.34. The molecule has 0 unspecified atom stereocenters. The van der Waals surface area contributed by atoms with Gasteiger partial charge < -0.3 is 14.4 Å². The van der Waals surface area contributed by atoms with Crippen LogP contribution in [0.2, 0.25) is 0 Å². The van der Waals surface area contributed by atoms with E-state index in [9.17, 15) is 9.59 Å². The summed E-state index contributed by atoms with van der Waals surface area (Å²) in [5, 5.41) is 0. The molecule has 0 radical (unpaired) electrons. The first-order chi connectivity index (χ1) is 14.1. The van der Waals surface area contributed by atoms with Crippen molar-refractivity contribution in [1.82, 2.24) is 4.90 Å². The number of hydrogen-bond acceptors (Lipinski definition) is 4. The van der Waals surface area contributed by atoms with Crippen molar-refractivity contribution in [3.63, 3.8) is 0 Å². The standard InChI is InChI=1S/C24H25NO4/c1-4-14-25-17(2)22(24(27)28-3)20(23(25)26)15-19-12-8-9-13-21(19)29-16-18-10-6-5-7-11-18/h5-13,15H,4,14,16H2,1-3H3/b20-15-. The molecule has 5 heteroatoms. The Kier molecular flexibility index (Phi) is 6.50. The van der Waals surface area contributed by atoms with Crippen LogP contribution in [0, 0.1) is 0 Å². The summed E-state index contributed by atoms with van der Waals surface area (Å²) in [5.74, 6) is -0.0570. The molecular formula is C24H25NO4. The average Bonchev–Trinajstić information content (AvgIpc) is 2.98. The van der Waals surface area contributed by atoms with E-state index in [1.54, 1.807) is 17.9 Å². The molecule has 0 saturated heterocycles. The first kappa shape index (κ1) is 20.4. The zero-order valence-electron chi connectivity index (χ0n) is 17.0. The van der Waals surface area contributed by atoms with E-state index < -0.39 is 5.97 Å². The van der Waals surface area contributed by atoms with E-state index in [4.69, 9.17) is 9.47 Å². The molecular weight excluding hydrogens is 366 g/mol. The van der Waals surface area contributed by atoms with Crippen molar-refractivity contribution in [2.75, 3.05) is 13.7 Å². The Morgan fingerprint density at radius 3 is 2.45 bits per heavy atom. The molecule has 3 rings (SSSR count). The van der Waals surface area contributed by atoms with Gasteiger partial charge in [0.25, 0.3) is 5.91 Å². The van der Waals surface area contributed by atoms with Crippen molar-refractivity contribution >= 4 is 18.0 Å². The molecule has 5 nitrogen and oxygen atoms in total. The van der Waals surface area contributed by atoms with Gasteiger partial charge in [0.05, 0.1) is 18.3 Å². The van der Waals surface area contributed by atoms with Crippen molar-refractivity contribution < 1.29 is 19.1 Å². The molecule has 150 valence electrons. The van der Waals surface area contributed by atoms with Crippen molar-refractivity contribution in [1.29, 1.82) is 0 Å². The molecule has 1 aliphatic heterocycles. The SMILES string of the molecule is CCCN1C(=O)/C(=C\c2ccccc2OCc2ccccc2)C(C(=O)OC)=C1C. The second-order valence-corrected chi connectivity index (χ2v) is 6.78. The largest absolute Gasteiger partial charge is 0.488 e. The third kappa shape index (κ3) is 4.40. The highest BCUT2D eigenvalue weighted by molar-refractivity contribution is 6.16. The van der Waals surface area contributed by atoms with E-state index in [-0.39, 0.29) is 5.91 Å². The second-order valence-electron chi connectivity index (χ2n) is 6.78. The summed E-state index contributed by atoms with van der Waals surface area (Å²) in [6, 6.07) is 17.3. The van der Waals surface area contributed by atoms with Crippen LogP contribution in [0.1, 0.15) is 31.4 Å². The summed E-state index contributed by atoms with van der Waals surface area (Å²) in [6.45, 7) is 4.73. The lowest BCUT2D eigenvalue weighted by Gasteiger charge is -2.16. The Morgan fingerprint density at radius 1 is 1.07 bits per heavy atom. The Balaban J connectivity index is 1.96. The van der Waals surface area contributed by atoms with Crippen molar-refractivity contribution in [3.8, 4) is 5.75 Å². The lowest BCUT2D eigenvalue weighted by atomic mass is 10.0.